The zero-order chi connectivity index (χ0) is 15.6. The van der Waals surface area contributed by atoms with Crippen molar-refractivity contribution in [2.75, 3.05) is 6.54 Å². The Labute approximate surface area is 127 Å². The maximum absolute atomic E-state index is 13.7. The van der Waals surface area contributed by atoms with E-state index in [1.807, 2.05) is 6.92 Å². The molecule has 0 spiro atoms. The van der Waals surface area contributed by atoms with E-state index in [-0.39, 0.29) is 22.9 Å². The Morgan fingerprint density at radius 2 is 2.19 bits per heavy atom. The van der Waals surface area contributed by atoms with Crippen LogP contribution in [0.4, 0.5) is 4.39 Å². The van der Waals surface area contributed by atoms with E-state index in [4.69, 9.17) is 11.6 Å². The summed E-state index contributed by atoms with van der Waals surface area (Å²) in [6.07, 6.45) is 1.30. The molecule has 114 valence electrons. The largest absolute Gasteiger partial charge is 0.480 e. The van der Waals surface area contributed by atoms with E-state index in [1.54, 1.807) is 0 Å². The maximum atomic E-state index is 13.7. The number of nitrogens with zero attached hydrogens (tertiary/aromatic N) is 1. The van der Waals surface area contributed by atoms with Crippen LogP contribution in [0.2, 0.25) is 5.02 Å². The van der Waals surface area contributed by atoms with Gasteiger partial charge in [-0.2, -0.15) is 0 Å². The summed E-state index contributed by atoms with van der Waals surface area (Å²) < 4.78 is 13.7. The van der Waals surface area contributed by atoms with Crippen molar-refractivity contribution in [1.29, 1.82) is 0 Å². The highest BCUT2D eigenvalue weighted by Crippen LogP contribution is 2.26. The van der Waals surface area contributed by atoms with Crippen LogP contribution in [0.15, 0.2) is 18.2 Å². The summed E-state index contributed by atoms with van der Waals surface area (Å²) in [7, 11) is 0. The van der Waals surface area contributed by atoms with Crippen LogP contribution in [0, 0.1) is 11.7 Å². The Hall–Kier alpha value is -1.62. The minimum absolute atomic E-state index is 0.115. The Morgan fingerprint density at radius 3 is 2.81 bits per heavy atom. The number of carbonyl (C=O) groups is 2. The Balaban J connectivity index is 2.20. The second-order valence-electron chi connectivity index (χ2n) is 5.37. The molecule has 4 nitrogen and oxygen atoms in total. The molecule has 1 aromatic rings. The van der Waals surface area contributed by atoms with Gasteiger partial charge < -0.3 is 10.0 Å². The second kappa shape index (κ2) is 6.43. The molecule has 6 heteroatoms. The van der Waals surface area contributed by atoms with Crippen molar-refractivity contribution in [1.82, 2.24) is 4.90 Å². The van der Waals surface area contributed by atoms with Gasteiger partial charge in [-0.25, -0.2) is 9.18 Å². The SMILES string of the molecule is CC1CCCN(C(=O)Cc2c(F)cccc2Cl)C1C(=O)O. The van der Waals surface area contributed by atoms with E-state index in [0.29, 0.717) is 6.54 Å². The normalized spacial score (nSPS) is 22.1. The van der Waals surface area contributed by atoms with Crippen molar-refractivity contribution in [3.05, 3.63) is 34.6 Å². The quantitative estimate of drug-likeness (QED) is 0.933. The van der Waals surface area contributed by atoms with Gasteiger partial charge in [0.2, 0.25) is 5.91 Å². The summed E-state index contributed by atoms with van der Waals surface area (Å²) in [5.41, 5.74) is 0.117. The average Bonchev–Trinajstić information content (AvgIpc) is 2.42. The third-order valence-electron chi connectivity index (χ3n) is 3.90. The van der Waals surface area contributed by atoms with Crippen LogP contribution in [0.25, 0.3) is 0 Å². The van der Waals surface area contributed by atoms with E-state index < -0.39 is 23.7 Å². The molecular weight excluding hydrogens is 297 g/mol. The van der Waals surface area contributed by atoms with Gasteiger partial charge >= 0.3 is 5.97 Å². The first-order valence-corrected chi connectivity index (χ1v) is 7.24. The van der Waals surface area contributed by atoms with Crippen LogP contribution in [-0.2, 0) is 16.0 Å². The number of rotatable bonds is 3. The van der Waals surface area contributed by atoms with Crippen molar-refractivity contribution in [2.45, 2.75) is 32.2 Å². The number of halogens is 2. The molecule has 1 aliphatic rings. The van der Waals surface area contributed by atoms with Gasteiger partial charge in [0.15, 0.2) is 0 Å². The van der Waals surface area contributed by atoms with Gasteiger partial charge in [0, 0.05) is 17.1 Å². The molecule has 1 heterocycles. The molecule has 0 aliphatic carbocycles. The van der Waals surface area contributed by atoms with E-state index in [1.165, 1.54) is 23.1 Å². The van der Waals surface area contributed by atoms with Crippen LogP contribution in [0.3, 0.4) is 0 Å². The first-order chi connectivity index (χ1) is 9.91. The third kappa shape index (κ3) is 3.35. The minimum atomic E-state index is -1.02. The fourth-order valence-electron chi connectivity index (χ4n) is 2.80. The summed E-state index contributed by atoms with van der Waals surface area (Å²) >= 11 is 5.91. The number of piperidine rings is 1. The third-order valence-corrected chi connectivity index (χ3v) is 4.25. The molecule has 1 aromatic carbocycles. The number of benzene rings is 1. The molecule has 1 amide bonds. The molecule has 1 N–H and O–H groups in total. The molecule has 2 rings (SSSR count). The second-order valence-corrected chi connectivity index (χ2v) is 5.77. The molecule has 0 bridgehead atoms. The van der Waals surface area contributed by atoms with Crippen molar-refractivity contribution in [3.8, 4) is 0 Å². The summed E-state index contributed by atoms with van der Waals surface area (Å²) in [6.45, 7) is 2.19. The molecule has 0 aromatic heterocycles. The van der Waals surface area contributed by atoms with Gasteiger partial charge in [0.1, 0.15) is 11.9 Å². The Morgan fingerprint density at radius 1 is 1.48 bits per heavy atom. The molecule has 21 heavy (non-hydrogen) atoms. The number of hydrogen-bond donors (Lipinski definition) is 1. The lowest BCUT2D eigenvalue weighted by Gasteiger charge is -2.37. The monoisotopic (exact) mass is 313 g/mol. The van der Waals surface area contributed by atoms with Gasteiger partial charge in [0.25, 0.3) is 0 Å². The maximum Gasteiger partial charge on any atom is 0.326 e. The fourth-order valence-corrected chi connectivity index (χ4v) is 3.03. The highest BCUT2D eigenvalue weighted by atomic mass is 35.5. The minimum Gasteiger partial charge on any atom is -0.480 e. The molecule has 1 saturated heterocycles. The summed E-state index contributed by atoms with van der Waals surface area (Å²) in [6, 6.07) is 3.37. The molecule has 2 atom stereocenters. The van der Waals surface area contributed by atoms with Crippen molar-refractivity contribution in [2.24, 2.45) is 5.92 Å². The van der Waals surface area contributed by atoms with Crippen molar-refractivity contribution in [3.63, 3.8) is 0 Å². The Kier molecular flexibility index (Phi) is 4.83. The van der Waals surface area contributed by atoms with Crippen LogP contribution < -0.4 is 0 Å². The fraction of sp³-hybridized carbons (Fsp3) is 0.467. The van der Waals surface area contributed by atoms with Gasteiger partial charge in [-0.1, -0.05) is 24.6 Å². The molecular formula is C15H17ClFNO3. The zero-order valence-corrected chi connectivity index (χ0v) is 12.4. The number of carboxylic acid groups (broad SMARTS) is 1. The number of carboxylic acids is 1. The molecule has 1 fully saturated rings. The van der Waals surface area contributed by atoms with E-state index >= 15 is 0 Å². The predicted molar refractivity (Wildman–Crippen MR) is 76.6 cm³/mol. The smallest absolute Gasteiger partial charge is 0.326 e. The van der Waals surface area contributed by atoms with Gasteiger partial charge in [0.05, 0.1) is 6.42 Å². The summed E-state index contributed by atoms with van der Waals surface area (Å²) in [5, 5.41) is 9.49. The molecule has 1 aliphatic heterocycles. The highest BCUT2D eigenvalue weighted by Gasteiger charge is 2.37. The van der Waals surface area contributed by atoms with E-state index in [2.05, 4.69) is 0 Å². The van der Waals surface area contributed by atoms with Crippen LogP contribution in [0.5, 0.6) is 0 Å². The summed E-state index contributed by atoms with van der Waals surface area (Å²) in [5.74, 6) is -2.08. The summed E-state index contributed by atoms with van der Waals surface area (Å²) in [4.78, 5) is 25.1. The first-order valence-electron chi connectivity index (χ1n) is 6.87. The lowest BCUT2D eigenvalue weighted by molar-refractivity contribution is -0.154. The van der Waals surface area contributed by atoms with Gasteiger partial charge in [-0.15, -0.1) is 0 Å². The standard InChI is InChI=1S/C15H17ClFNO3/c1-9-4-3-7-18(14(9)15(20)21)13(19)8-10-11(16)5-2-6-12(10)17/h2,5-6,9,14H,3-4,7-8H2,1H3,(H,20,21). The van der Waals surface area contributed by atoms with E-state index in [9.17, 15) is 19.1 Å². The first kappa shape index (κ1) is 15.8. The zero-order valence-electron chi connectivity index (χ0n) is 11.7. The average molecular weight is 314 g/mol. The number of likely N-dealkylation sites (tertiary alicyclic amines) is 1. The van der Waals surface area contributed by atoms with Crippen LogP contribution >= 0.6 is 11.6 Å². The van der Waals surface area contributed by atoms with Gasteiger partial charge in [-0.3, -0.25) is 4.79 Å². The molecule has 0 radical (unpaired) electrons. The number of hydrogen-bond acceptors (Lipinski definition) is 2. The van der Waals surface area contributed by atoms with E-state index in [0.717, 1.165) is 12.8 Å². The van der Waals surface area contributed by atoms with Crippen molar-refractivity contribution >= 4 is 23.5 Å². The molecule has 0 saturated carbocycles. The number of aliphatic carboxylic acids is 1. The highest BCUT2D eigenvalue weighted by molar-refractivity contribution is 6.31. The van der Waals surface area contributed by atoms with Crippen LogP contribution in [-0.4, -0.2) is 34.5 Å². The topological polar surface area (TPSA) is 57.6 Å². The molecule has 2 unspecified atom stereocenters. The predicted octanol–water partition coefficient (Wildman–Crippen LogP) is 2.73. The Bertz CT molecular complexity index is 544. The lowest BCUT2D eigenvalue weighted by atomic mass is 9.90. The number of carbonyl (C=O) groups excluding carboxylic acids is 1. The van der Waals surface area contributed by atoms with Gasteiger partial charge in [-0.05, 0) is 30.9 Å². The van der Waals surface area contributed by atoms with Crippen LogP contribution in [0.1, 0.15) is 25.3 Å². The number of amides is 1. The lowest BCUT2D eigenvalue weighted by Crippen LogP contribution is -2.52. The van der Waals surface area contributed by atoms with Crippen molar-refractivity contribution < 1.29 is 19.1 Å².